The number of carbonyl (C=O) groups is 2. The Bertz CT molecular complexity index is 1230. The summed E-state index contributed by atoms with van der Waals surface area (Å²) in [5, 5.41) is 4.67. The molecule has 2 amide bonds. The first-order valence-corrected chi connectivity index (χ1v) is 12.0. The molecule has 36 heavy (non-hydrogen) atoms. The Morgan fingerprint density at radius 1 is 0.944 bits per heavy atom. The molecule has 2 unspecified atom stereocenters. The monoisotopic (exact) mass is 484 g/mol. The van der Waals surface area contributed by atoms with Gasteiger partial charge in [-0.2, -0.15) is 0 Å². The van der Waals surface area contributed by atoms with Crippen LogP contribution in [0.15, 0.2) is 91.3 Å². The largest absolute Gasteiger partial charge is 0.494 e. The molecule has 1 fully saturated rings. The Labute approximate surface area is 210 Å². The number of para-hydroxylation sites is 1. The molecule has 0 aliphatic carbocycles. The number of nitrogens with one attached hydrogen (secondary N) is 2. The molecule has 5 rings (SSSR count). The average molecular weight is 485 g/mol. The smallest absolute Gasteiger partial charge is 0.251 e. The predicted molar refractivity (Wildman–Crippen MR) is 136 cm³/mol. The summed E-state index contributed by atoms with van der Waals surface area (Å²) in [7, 11) is 0. The molecule has 2 heterocycles. The lowest BCUT2D eigenvalue weighted by molar-refractivity contribution is -0.137. The Kier molecular flexibility index (Phi) is 6.86. The third kappa shape index (κ3) is 5.34. The minimum atomic E-state index is -0.367. The van der Waals surface area contributed by atoms with Gasteiger partial charge in [-0.1, -0.05) is 30.3 Å². The van der Waals surface area contributed by atoms with Gasteiger partial charge in [0.1, 0.15) is 29.8 Å². The van der Waals surface area contributed by atoms with Crippen molar-refractivity contribution >= 4 is 17.5 Å². The molecule has 8 heteroatoms. The summed E-state index contributed by atoms with van der Waals surface area (Å²) in [6.45, 7) is 2.51. The summed E-state index contributed by atoms with van der Waals surface area (Å²) in [5.41, 5.74) is 5.09. The molecule has 3 aromatic carbocycles. The maximum absolute atomic E-state index is 13.1. The van der Waals surface area contributed by atoms with E-state index in [0.717, 1.165) is 17.1 Å². The van der Waals surface area contributed by atoms with Gasteiger partial charge in [-0.15, -0.1) is 0 Å². The molecule has 2 aliphatic rings. The highest BCUT2D eigenvalue weighted by Gasteiger charge is 2.40. The Balaban J connectivity index is 1.15. The zero-order valence-electron chi connectivity index (χ0n) is 20.0. The summed E-state index contributed by atoms with van der Waals surface area (Å²) in [6, 6.07) is 24.1. The van der Waals surface area contributed by atoms with E-state index in [1.54, 1.807) is 30.5 Å². The van der Waals surface area contributed by atoms with Gasteiger partial charge in [-0.05, 0) is 67.4 Å². The van der Waals surface area contributed by atoms with Crippen molar-refractivity contribution in [2.45, 2.75) is 25.4 Å². The van der Waals surface area contributed by atoms with Crippen LogP contribution in [0.3, 0.4) is 0 Å². The maximum atomic E-state index is 13.1. The van der Waals surface area contributed by atoms with Crippen molar-refractivity contribution in [3.05, 3.63) is 96.8 Å². The van der Waals surface area contributed by atoms with Crippen molar-refractivity contribution in [2.24, 2.45) is 0 Å². The van der Waals surface area contributed by atoms with Crippen molar-refractivity contribution < 1.29 is 19.1 Å². The maximum Gasteiger partial charge on any atom is 0.251 e. The molecule has 0 aromatic heterocycles. The Morgan fingerprint density at radius 2 is 1.64 bits per heavy atom. The van der Waals surface area contributed by atoms with E-state index in [2.05, 4.69) is 10.7 Å². The summed E-state index contributed by atoms with van der Waals surface area (Å²) in [6.07, 6.45) is 4.06. The summed E-state index contributed by atoms with van der Waals surface area (Å²) >= 11 is 0. The van der Waals surface area contributed by atoms with Crippen LogP contribution >= 0.6 is 0 Å². The number of rotatable bonds is 8. The fraction of sp³-hybridized carbons (Fsp3) is 0.214. The molecule has 2 N–H and O–H groups in total. The molecular formula is C28H28N4O4. The molecule has 0 saturated carbocycles. The van der Waals surface area contributed by atoms with Gasteiger partial charge in [-0.25, -0.2) is 5.43 Å². The van der Waals surface area contributed by atoms with Gasteiger partial charge in [-0.3, -0.25) is 9.59 Å². The first kappa shape index (κ1) is 23.4. The van der Waals surface area contributed by atoms with E-state index < -0.39 is 0 Å². The highest BCUT2D eigenvalue weighted by Crippen LogP contribution is 2.31. The van der Waals surface area contributed by atoms with E-state index in [1.807, 2.05) is 72.7 Å². The van der Waals surface area contributed by atoms with Crippen molar-refractivity contribution in [3.8, 4) is 17.2 Å². The minimum Gasteiger partial charge on any atom is -0.494 e. The van der Waals surface area contributed by atoms with Gasteiger partial charge in [0, 0.05) is 18.1 Å². The molecule has 3 aromatic rings. The number of nitrogens with zero attached hydrogens (tertiary/aromatic N) is 2. The number of amides is 2. The summed E-state index contributed by atoms with van der Waals surface area (Å²) in [4.78, 5) is 27.2. The lowest BCUT2D eigenvalue weighted by Crippen LogP contribution is -2.49. The molecular weight excluding hydrogens is 456 g/mol. The molecule has 0 radical (unpaired) electrons. The van der Waals surface area contributed by atoms with Gasteiger partial charge in [0.05, 0.1) is 12.6 Å². The summed E-state index contributed by atoms with van der Waals surface area (Å²) in [5.74, 6) is 1.85. The van der Waals surface area contributed by atoms with E-state index in [0.29, 0.717) is 24.5 Å². The molecule has 0 spiro atoms. The van der Waals surface area contributed by atoms with Crippen LogP contribution in [0.2, 0.25) is 0 Å². The molecule has 2 atom stereocenters. The van der Waals surface area contributed by atoms with Crippen molar-refractivity contribution in [1.29, 1.82) is 0 Å². The first-order valence-electron chi connectivity index (χ1n) is 12.0. The van der Waals surface area contributed by atoms with Crippen molar-refractivity contribution in [2.75, 3.05) is 18.5 Å². The van der Waals surface area contributed by atoms with Crippen molar-refractivity contribution in [3.63, 3.8) is 0 Å². The van der Waals surface area contributed by atoms with Crippen LogP contribution in [-0.2, 0) is 9.59 Å². The Hall–Kier alpha value is -4.30. The van der Waals surface area contributed by atoms with Crippen LogP contribution in [0.5, 0.6) is 17.2 Å². The second kappa shape index (κ2) is 10.5. The topological polar surface area (TPSA) is 83.1 Å². The average Bonchev–Trinajstić information content (AvgIpc) is 3.34. The number of fused-ring (bicyclic) bond motifs is 1. The van der Waals surface area contributed by atoms with E-state index in [4.69, 9.17) is 9.47 Å². The van der Waals surface area contributed by atoms with Gasteiger partial charge >= 0.3 is 0 Å². The number of benzene rings is 3. The van der Waals surface area contributed by atoms with Gasteiger partial charge in [0.25, 0.3) is 5.91 Å². The lowest BCUT2D eigenvalue weighted by Gasteiger charge is -2.31. The fourth-order valence-corrected chi connectivity index (χ4v) is 4.33. The number of hydrogen-bond acceptors (Lipinski definition) is 6. The number of ether oxygens (including phenoxy) is 2. The van der Waals surface area contributed by atoms with Crippen LogP contribution in [0, 0.1) is 0 Å². The molecule has 8 nitrogen and oxygen atoms in total. The molecule has 2 aliphatic heterocycles. The standard InChI is InChI=1S/C28H28N4O4/c1-2-35-22-12-8-20(9-13-22)25-18-26-28(34)31(16-17-32(26)30-25)19-27(33)29-21-10-14-24(15-11-21)36-23-6-4-3-5-7-23/h3-17,25-26,30H,2,18-19H2,1H3,(H,29,33). The van der Waals surface area contributed by atoms with E-state index in [9.17, 15) is 9.59 Å². The number of hydrazine groups is 1. The normalized spacial score (nSPS) is 18.6. The second-order valence-corrected chi connectivity index (χ2v) is 8.59. The third-order valence-corrected chi connectivity index (χ3v) is 6.10. The number of carbonyl (C=O) groups excluding carboxylic acids is 2. The SMILES string of the molecule is CCOc1ccc(C2CC3C(=O)N(CC(=O)Nc4ccc(Oc5ccccc5)cc4)C=CN3N2)cc1. The van der Waals surface area contributed by atoms with Crippen LogP contribution in [0.4, 0.5) is 5.69 Å². The number of hydrogen-bond donors (Lipinski definition) is 2. The Morgan fingerprint density at radius 3 is 2.36 bits per heavy atom. The highest BCUT2D eigenvalue weighted by molar-refractivity contribution is 5.96. The van der Waals surface area contributed by atoms with Crippen LogP contribution in [0.1, 0.15) is 24.9 Å². The van der Waals surface area contributed by atoms with Crippen LogP contribution in [0.25, 0.3) is 0 Å². The first-order chi connectivity index (χ1) is 17.6. The molecule has 184 valence electrons. The molecule has 0 bridgehead atoms. The van der Waals surface area contributed by atoms with Gasteiger partial charge < -0.3 is 24.7 Å². The number of anilines is 1. The van der Waals surface area contributed by atoms with E-state index >= 15 is 0 Å². The zero-order chi connectivity index (χ0) is 24.9. The summed E-state index contributed by atoms with van der Waals surface area (Å²) < 4.78 is 11.3. The second-order valence-electron chi connectivity index (χ2n) is 8.59. The lowest BCUT2D eigenvalue weighted by atomic mass is 10.0. The van der Waals surface area contributed by atoms with Crippen molar-refractivity contribution in [1.82, 2.24) is 15.3 Å². The van der Waals surface area contributed by atoms with Crippen LogP contribution < -0.4 is 20.2 Å². The van der Waals surface area contributed by atoms with E-state index in [-0.39, 0.29) is 30.4 Å². The van der Waals surface area contributed by atoms with E-state index in [1.165, 1.54) is 4.90 Å². The van der Waals surface area contributed by atoms with Gasteiger partial charge in [0.2, 0.25) is 5.91 Å². The minimum absolute atomic E-state index is 0.00433. The van der Waals surface area contributed by atoms with Gasteiger partial charge in [0.15, 0.2) is 0 Å². The highest BCUT2D eigenvalue weighted by atomic mass is 16.5. The quantitative estimate of drug-likeness (QED) is 0.492. The third-order valence-electron chi connectivity index (χ3n) is 6.10. The zero-order valence-corrected chi connectivity index (χ0v) is 20.0. The van der Waals surface area contributed by atoms with Crippen LogP contribution in [-0.4, -0.2) is 40.9 Å². The fourth-order valence-electron chi connectivity index (χ4n) is 4.33. The predicted octanol–water partition coefficient (Wildman–Crippen LogP) is 4.45. The molecule has 1 saturated heterocycles.